The van der Waals surface area contributed by atoms with Crippen molar-refractivity contribution in [2.75, 3.05) is 20.3 Å². The monoisotopic (exact) mass is 546 g/mol. The molecule has 0 saturated carbocycles. The fraction of sp³-hybridized carbons (Fsp3) is 0.143. The van der Waals surface area contributed by atoms with Crippen molar-refractivity contribution in [1.29, 1.82) is 5.41 Å². The smallest absolute Gasteiger partial charge is 0.283 e. The van der Waals surface area contributed by atoms with Gasteiger partial charge in [0, 0.05) is 6.42 Å². The standard InChI is InChI=1S/C28H23ClN4O4S/c1-35-24-16-19(11-12-23(24)37-14-13-36-22-10-6-5-9-21(22)29)15-20-26(30)33-28(31-27(20)34)38-25(32-33)17-18-7-3-2-4-8-18/h2-12,15-16,30H,13-14,17H2,1H3/b20-15-,30-26?. The van der Waals surface area contributed by atoms with Gasteiger partial charge in [-0.2, -0.15) is 15.1 Å². The van der Waals surface area contributed by atoms with Crippen LogP contribution in [-0.4, -0.2) is 47.3 Å². The minimum Gasteiger partial charge on any atom is -0.493 e. The molecule has 0 fully saturated rings. The van der Waals surface area contributed by atoms with E-state index in [4.69, 9.17) is 31.2 Å². The van der Waals surface area contributed by atoms with E-state index in [9.17, 15) is 4.79 Å². The molecule has 2 heterocycles. The van der Waals surface area contributed by atoms with E-state index < -0.39 is 5.91 Å². The number of methoxy groups -OCH3 is 1. The molecule has 2 aliphatic rings. The summed E-state index contributed by atoms with van der Waals surface area (Å²) in [4.78, 5) is 17.0. The third-order valence-corrected chi connectivity index (χ3v) is 6.85. The Morgan fingerprint density at radius 1 is 0.974 bits per heavy atom. The minimum absolute atomic E-state index is 0.0217. The predicted octanol–water partition coefficient (Wildman–Crippen LogP) is 5.67. The summed E-state index contributed by atoms with van der Waals surface area (Å²) in [7, 11) is 1.54. The van der Waals surface area contributed by atoms with Gasteiger partial charge >= 0.3 is 0 Å². The van der Waals surface area contributed by atoms with Crippen LogP contribution in [0.5, 0.6) is 17.2 Å². The topological polar surface area (TPSA) is 96.6 Å². The highest BCUT2D eigenvalue weighted by atomic mass is 35.5. The van der Waals surface area contributed by atoms with Crippen LogP contribution in [-0.2, 0) is 11.2 Å². The first-order valence-electron chi connectivity index (χ1n) is 11.7. The van der Waals surface area contributed by atoms with Gasteiger partial charge in [-0.05, 0) is 53.2 Å². The number of carbonyl (C=O) groups is 1. The van der Waals surface area contributed by atoms with Crippen molar-refractivity contribution < 1.29 is 19.0 Å². The molecule has 0 unspecified atom stereocenters. The van der Waals surface area contributed by atoms with E-state index >= 15 is 0 Å². The maximum atomic E-state index is 12.8. The molecule has 1 amide bonds. The highest BCUT2D eigenvalue weighted by molar-refractivity contribution is 8.26. The van der Waals surface area contributed by atoms with Crippen molar-refractivity contribution in [2.45, 2.75) is 6.42 Å². The molecular weight excluding hydrogens is 524 g/mol. The van der Waals surface area contributed by atoms with E-state index in [0.717, 1.165) is 10.6 Å². The molecule has 1 N–H and O–H groups in total. The van der Waals surface area contributed by atoms with E-state index in [0.29, 0.717) is 46.0 Å². The molecule has 0 aliphatic carbocycles. The van der Waals surface area contributed by atoms with Gasteiger partial charge < -0.3 is 14.2 Å². The lowest BCUT2D eigenvalue weighted by Gasteiger charge is -2.20. The summed E-state index contributed by atoms with van der Waals surface area (Å²) >= 11 is 7.41. The highest BCUT2D eigenvalue weighted by Gasteiger charge is 2.35. The molecular formula is C28H23ClN4O4S. The number of fused-ring (bicyclic) bond motifs is 1. The average Bonchev–Trinajstić information content (AvgIpc) is 3.33. The van der Waals surface area contributed by atoms with E-state index in [1.165, 1.54) is 23.9 Å². The number of para-hydroxylation sites is 1. The molecule has 5 rings (SSSR count). The Bertz CT molecular complexity index is 1470. The van der Waals surface area contributed by atoms with Crippen LogP contribution < -0.4 is 14.2 Å². The number of aliphatic imine (C=N–C) groups is 1. The first kappa shape index (κ1) is 25.6. The number of carbonyl (C=O) groups excluding carboxylic acids is 1. The van der Waals surface area contributed by atoms with E-state index in [2.05, 4.69) is 10.1 Å². The van der Waals surface area contributed by atoms with E-state index in [-0.39, 0.29) is 18.0 Å². The fourth-order valence-corrected chi connectivity index (χ4v) is 4.91. The van der Waals surface area contributed by atoms with Gasteiger partial charge in [-0.3, -0.25) is 10.2 Å². The van der Waals surface area contributed by atoms with Gasteiger partial charge in [-0.1, -0.05) is 60.1 Å². The number of nitrogens with one attached hydrogen (secondary N) is 1. The molecule has 3 aromatic carbocycles. The van der Waals surface area contributed by atoms with Gasteiger partial charge in [-0.15, -0.1) is 0 Å². The van der Waals surface area contributed by atoms with Crippen molar-refractivity contribution in [3.63, 3.8) is 0 Å². The van der Waals surface area contributed by atoms with E-state index in [1.807, 2.05) is 42.5 Å². The highest BCUT2D eigenvalue weighted by Crippen LogP contribution is 2.32. The number of halogens is 1. The molecule has 0 radical (unpaired) electrons. The van der Waals surface area contributed by atoms with Gasteiger partial charge in [0.1, 0.15) is 24.0 Å². The summed E-state index contributed by atoms with van der Waals surface area (Å²) < 4.78 is 17.0. The second-order valence-electron chi connectivity index (χ2n) is 8.21. The van der Waals surface area contributed by atoms with Crippen molar-refractivity contribution in [1.82, 2.24) is 5.01 Å². The SMILES string of the molecule is COc1cc(/C=C2/C(=N)N3N=C(Cc4ccccc4)SC3=NC2=O)ccc1OCCOc1ccccc1Cl. The van der Waals surface area contributed by atoms with E-state index in [1.54, 1.807) is 36.4 Å². The zero-order chi connectivity index (χ0) is 26.5. The normalized spacial score (nSPS) is 15.7. The third kappa shape index (κ3) is 5.74. The molecule has 10 heteroatoms. The number of amides is 1. The Morgan fingerprint density at radius 3 is 2.47 bits per heavy atom. The summed E-state index contributed by atoms with van der Waals surface area (Å²) in [5.41, 5.74) is 1.90. The van der Waals surface area contributed by atoms with Crippen LogP contribution in [0.4, 0.5) is 0 Å². The Balaban J connectivity index is 1.26. The molecule has 8 nitrogen and oxygen atoms in total. The van der Waals surface area contributed by atoms with Crippen molar-refractivity contribution in [3.8, 4) is 17.2 Å². The van der Waals surface area contributed by atoms with Crippen molar-refractivity contribution in [2.24, 2.45) is 10.1 Å². The van der Waals surface area contributed by atoms with Gasteiger partial charge in [0.25, 0.3) is 5.91 Å². The number of amidine groups is 2. The zero-order valence-corrected chi connectivity index (χ0v) is 22.0. The lowest BCUT2D eigenvalue weighted by molar-refractivity contribution is -0.114. The zero-order valence-electron chi connectivity index (χ0n) is 20.4. The van der Waals surface area contributed by atoms with Gasteiger partial charge in [0.15, 0.2) is 17.3 Å². The second-order valence-corrected chi connectivity index (χ2v) is 9.66. The molecule has 38 heavy (non-hydrogen) atoms. The lowest BCUT2D eigenvalue weighted by atomic mass is 10.1. The molecule has 0 bridgehead atoms. The Morgan fingerprint density at radius 2 is 1.71 bits per heavy atom. The van der Waals surface area contributed by atoms with Gasteiger partial charge in [-0.25, -0.2) is 0 Å². The van der Waals surface area contributed by atoms with Gasteiger partial charge in [0.2, 0.25) is 5.17 Å². The van der Waals surface area contributed by atoms with Gasteiger partial charge in [0.05, 0.1) is 17.7 Å². The third-order valence-electron chi connectivity index (χ3n) is 5.63. The minimum atomic E-state index is -0.485. The number of hydrazone groups is 1. The fourth-order valence-electron chi connectivity index (χ4n) is 3.80. The Labute approximate surface area is 229 Å². The number of thioether (sulfide) groups is 1. The number of hydrogen-bond donors (Lipinski definition) is 1. The quantitative estimate of drug-likeness (QED) is 0.274. The molecule has 3 aromatic rings. The first-order valence-corrected chi connectivity index (χ1v) is 12.9. The number of benzene rings is 3. The average molecular weight is 547 g/mol. The molecule has 0 atom stereocenters. The summed E-state index contributed by atoms with van der Waals surface area (Å²) in [5.74, 6) is 1.09. The predicted molar refractivity (Wildman–Crippen MR) is 151 cm³/mol. The van der Waals surface area contributed by atoms with Crippen molar-refractivity contribution in [3.05, 3.63) is 94.5 Å². The van der Waals surface area contributed by atoms with Crippen LogP contribution in [0.3, 0.4) is 0 Å². The molecule has 192 valence electrons. The van der Waals surface area contributed by atoms with Crippen LogP contribution in [0.15, 0.2) is 88.5 Å². The Kier molecular flexibility index (Phi) is 7.76. The van der Waals surface area contributed by atoms with Crippen LogP contribution in [0.2, 0.25) is 5.02 Å². The number of ether oxygens (including phenoxy) is 3. The number of nitrogens with zero attached hydrogens (tertiary/aromatic N) is 3. The number of rotatable bonds is 9. The molecule has 0 aromatic heterocycles. The van der Waals surface area contributed by atoms with Crippen LogP contribution >= 0.6 is 23.4 Å². The maximum Gasteiger partial charge on any atom is 0.283 e. The van der Waals surface area contributed by atoms with Crippen LogP contribution in [0.25, 0.3) is 6.08 Å². The molecule has 0 spiro atoms. The van der Waals surface area contributed by atoms with Crippen LogP contribution in [0, 0.1) is 5.41 Å². The molecule has 0 saturated heterocycles. The number of hydrogen-bond acceptors (Lipinski definition) is 7. The lowest BCUT2D eigenvalue weighted by Crippen LogP contribution is -2.35. The summed E-state index contributed by atoms with van der Waals surface area (Å²) in [6.45, 7) is 0.573. The maximum absolute atomic E-state index is 12.8. The first-order chi connectivity index (χ1) is 18.5. The van der Waals surface area contributed by atoms with Crippen LogP contribution in [0.1, 0.15) is 11.1 Å². The second kappa shape index (κ2) is 11.5. The van der Waals surface area contributed by atoms with Crippen molar-refractivity contribution >= 4 is 51.4 Å². The summed E-state index contributed by atoms with van der Waals surface area (Å²) in [6.07, 6.45) is 2.21. The Hall–Kier alpha value is -4.08. The summed E-state index contributed by atoms with van der Waals surface area (Å²) in [5, 5.41) is 16.3. The summed E-state index contributed by atoms with van der Waals surface area (Å²) in [6, 6.07) is 22.4. The molecule has 2 aliphatic heterocycles. The largest absolute Gasteiger partial charge is 0.493 e.